The van der Waals surface area contributed by atoms with E-state index in [4.69, 9.17) is 11.6 Å². The van der Waals surface area contributed by atoms with Gasteiger partial charge in [-0.15, -0.1) is 0 Å². The molecule has 1 heterocycles. The molecule has 2 aromatic rings. The normalized spacial score (nSPS) is 13.7. The lowest BCUT2D eigenvalue weighted by Crippen LogP contribution is -2.25. The van der Waals surface area contributed by atoms with Crippen LogP contribution in [0.15, 0.2) is 30.5 Å². The van der Waals surface area contributed by atoms with Crippen LogP contribution < -0.4 is 10.6 Å². The molecule has 1 aliphatic carbocycles. The molecule has 1 amide bonds. The molecule has 1 saturated carbocycles. The lowest BCUT2D eigenvalue weighted by Gasteiger charge is -2.11. The zero-order valence-electron chi connectivity index (χ0n) is 11.6. The topological polar surface area (TPSA) is 66.9 Å². The lowest BCUT2D eigenvalue weighted by atomic mass is 10.2. The first kappa shape index (κ1) is 14.7. The van der Waals surface area contributed by atoms with E-state index in [-0.39, 0.29) is 23.6 Å². The summed E-state index contributed by atoms with van der Waals surface area (Å²) in [5.74, 6) is -0.317. The van der Waals surface area contributed by atoms with Gasteiger partial charge in [0.05, 0.1) is 0 Å². The van der Waals surface area contributed by atoms with Crippen LogP contribution in [0.25, 0.3) is 0 Å². The summed E-state index contributed by atoms with van der Waals surface area (Å²) in [6.45, 7) is 0.0942. The van der Waals surface area contributed by atoms with E-state index in [2.05, 4.69) is 20.6 Å². The molecule has 22 heavy (non-hydrogen) atoms. The molecular weight excluding hydrogens is 307 g/mol. The van der Waals surface area contributed by atoms with Crippen molar-refractivity contribution < 1.29 is 9.18 Å². The van der Waals surface area contributed by atoms with Crippen molar-refractivity contribution in [3.05, 3.63) is 52.7 Å². The van der Waals surface area contributed by atoms with Crippen LogP contribution in [0.1, 0.15) is 28.8 Å². The van der Waals surface area contributed by atoms with E-state index in [0.717, 1.165) is 12.8 Å². The minimum atomic E-state index is -0.372. The van der Waals surface area contributed by atoms with E-state index in [0.29, 0.717) is 23.0 Å². The maximum Gasteiger partial charge on any atom is 0.256 e. The molecule has 5 nitrogen and oxygen atoms in total. The number of halogens is 2. The number of hydrogen-bond acceptors (Lipinski definition) is 4. The van der Waals surface area contributed by atoms with Gasteiger partial charge in [-0.05, 0) is 30.5 Å². The molecule has 0 saturated heterocycles. The molecule has 1 aliphatic rings. The van der Waals surface area contributed by atoms with Crippen LogP contribution in [-0.2, 0) is 6.54 Å². The molecule has 1 aromatic heterocycles. The summed E-state index contributed by atoms with van der Waals surface area (Å²) >= 11 is 5.78. The maximum absolute atomic E-state index is 13.5. The number of benzene rings is 1. The zero-order chi connectivity index (χ0) is 15.5. The van der Waals surface area contributed by atoms with Crippen LogP contribution in [0.3, 0.4) is 0 Å². The highest BCUT2D eigenvalue weighted by molar-refractivity contribution is 6.28. The van der Waals surface area contributed by atoms with Gasteiger partial charge in [0.25, 0.3) is 5.91 Å². The summed E-state index contributed by atoms with van der Waals surface area (Å²) in [7, 11) is 0. The lowest BCUT2D eigenvalue weighted by molar-refractivity contribution is 0.0950. The molecule has 7 heteroatoms. The predicted octanol–water partition coefficient (Wildman–Crippen LogP) is 2.77. The van der Waals surface area contributed by atoms with E-state index in [9.17, 15) is 9.18 Å². The second-order valence-electron chi connectivity index (χ2n) is 5.09. The van der Waals surface area contributed by atoms with Gasteiger partial charge in [0, 0.05) is 24.3 Å². The van der Waals surface area contributed by atoms with E-state index in [1.54, 1.807) is 18.2 Å². The van der Waals surface area contributed by atoms with Gasteiger partial charge in [0.1, 0.15) is 17.2 Å². The van der Waals surface area contributed by atoms with Crippen LogP contribution in [0.5, 0.6) is 0 Å². The average molecular weight is 321 g/mol. The van der Waals surface area contributed by atoms with E-state index < -0.39 is 0 Å². The van der Waals surface area contributed by atoms with Crippen LogP contribution in [0, 0.1) is 5.82 Å². The minimum absolute atomic E-state index is 0.0776. The first-order chi connectivity index (χ1) is 10.6. The van der Waals surface area contributed by atoms with E-state index in [1.807, 2.05) is 0 Å². The Balaban J connectivity index is 1.73. The second-order valence-corrected chi connectivity index (χ2v) is 5.43. The Morgan fingerprint density at radius 2 is 2.14 bits per heavy atom. The van der Waals surface area contributed by atoms with Crippen molar-refractivity contribution in [1.29, 1.82) is 0 Å². The first-order valence-electron chi connectivity index (χ1n) is 6.94. The predicted molar refractivity (Wildman–Crippen MR) is 81.3 cm³/mol. The molecule has 114 valence electrons. The van der Waals surface area contributed by atoms with Gasteiger partial charge >= 0.3 is 0 Å². The second kappa shape index (κ2) is 6.27. The van der Waals surface area contributed by atoms with Crippen LogP contribution >= 0.6 is 11.6 Å². The molecule has 0 bridgehead atoms. The van der Waals surface area contributed by atoms with Gasteiger partial charge in [-0.2, -0.15) is 4.98 Å². The number of amides is 1. The van der Waals surface area contributed by atoms with Crippen molar-refractivity contribution in [2.75, 3.05) is 5.32 Å². The Morgan fingerprint density at radius 3 is 2.86 bits per heavy atom. The number of aromatic nitrogens is 2. The highest BCUT2D eigenvalue weighted by atomic mass is 35.5. The molecule has 1 fully saturated rings. The fourth-order valence-corrected chi connectivity index (χ4v) is 2.10. The molecule has 0 aliphatic heterocycles. The SMILES string of the molecule is O=C(NCc1ccccc1F)c1cnc(Cl)nc1NC1CC1. The third-order valence-corrected chi connectivity index (χ3v) is 3.50. The van der Waals surface area contributed by atoms with Crippen LogP contribution in [0.4, 0.5) is 10.2 Å². The largest absolute Gasteiger partial charge is 0.367 e. The number of carbonyl (C=O) groups is 1. The first-order valence-corrected chi connectivity index (χ1v) is 7.32. The summed E-state index contributed by atoms with van der Waals surface area (Å²) in [5.41, 5.74) is 0.718. The average Bonchev–Trinajstić information content (AvgIpc) is 3.30. The molecular formula is C15H14ClFN4O. The van der Waals surface area contributed by atoms with Gasteiger partial charge in [-0.25, -0.2) is 9.37 Å². The summed E-state index contributed by atoms with van der Waals surface area (Å²) in [6, 6.07) is 6.62. The van der Waals surface area contributed by atoms with Gasteiger partial charge in [0.2, 0.25) is 5.28 Å². The summed E-state index contributed by atoms with van der Waals surface area (Å²) in [6.07, 6.45) is 3.45. The third kappa shape index (κ3) is 3.51. The van der Waals surface area contributed by atoms with Gasteiger partial charge in [-0.3, -0.25) is 4.79 Å². The molecule has 0 radical (unpaired) electrons. The van der Waals surface area contributed by atoms with Crippen molar-refractivity contribution in [2.45, 2.75) is 25.4 Å². The third-order valence-electron chi connectivity index (χ3n) is 3.32. The van der Waals surface area contributed by atoms with Gasteiger partial charge in [0.15, 0.2) is 0 Å². The number of nitrogens with one attached hydrogen (secondary N) is 2. The summed E-state index contributed by atoms with van der Waals surface area (Å²) in [4.78, 5) is 20.2. The minimum Gasteiger partial charge on any atom is -0.367 e. The van der Waals surface area contributed by atoms with Gasteiger partial charge < -0.3 is 10.6 Å². The van der Waals surface area contributed by atoms with Crippen molar-refractivity contribution >= 4 is 23.3 Å². The number of nitrogens with zero attached hydrogens (tertiary/aromatic N) is 2. The fraction of sp³-hybridized carbons (Fsp3) is 0.267. The van der Waals surface area contributed by atoms with Crippen molar-refractivity contribution in [3.63, 3.8) is 0 Å². The molecule has 0 atom stereocenters. The summed E-state index contributed by atoms with van der Waals surface area (Å²) < 4.78 is 13.5. The fourth-order valence-electron chi connectivity index (χ4n) is 1.97. The molecule has 0 unspecified atom stereocenters. The summed E-state index contributed by atoms with van der Waals surface area (Å²) in [5, 5.41) is 5.89. The molecule has 1 aromatic carbocycles. The molecule has 0 spiro atoms. The standard InChI is InChI=1S/C15H14ClFN4O/c16-15-19-8-11(13(21-15)20-10-5-6-10)14(22)18-7-9-3-1-2-4-12(9)17/h1-4,8,10H,5-7H2,(H,18,22)(H,19,20,21). The van der Waals surface area contributed by atoms with Gasteiger partial charge in [-0.1, -0.05) is 18.2 Å². The van der Waals surface area contributed by atoms with Crippen LogP contribution in [-0.4, -0.2) is 21.9 Å². The quantitative estimate of drug-likeness (QED) is 0.831. The zero-order valence-corrected chi connectivity index (χ0v) is 12.4. The Kier molecular flexibility index (Phi) is 4.20. The smallest absolute Gasteiger partial charge is 0.256 e. The van der Waals surface area contributed by atoms with E-state index in [1.165, 1.54) is 12.3 Å². The Hall–Kier alpha value is -2.21. The molecule has 2 N–H and O–H groups in total. The Bertz CT molecular complexity index is 706. The highest BCUT2D eigenvalue weighted by Crippen LogP contribution is 2.26. The Morgan fingerprint density at radius 1 is 1.36 bits per heavy atom. The number of anilines is 1. The van der Waals surface area contributed by atoms with E-state index >= 15 is 0 Å². The van der Waals surface area contributed by atoms with Crippen LogP contribution in [0.2, 0.25) is 5.28 Å². The monoisotopic (exact) mass is 320 g/mol. The number of hydrogen-bond donors (Lipinski definition) is 2. The van der Waals surface area contributed by atoms with Crippen molar-refractivity contribution in [1.82, 2.24) is 15.3 Å². The highest BCUT2D eigenvalue weighted by Gasteiger charge is 2.24. The van der Waals surface area contributed by atoms with Crippen molar-refractivity contribution in [2.24, 2.45) is 0 Å². The Labute approximate surface area is 131 Å². The number of rotatable bonds is 5. The maximum atomic E-state index is 13.5. The number of carbonyl (C=O) groups excluding carboxylic acids is 1. The molecule has 3 rings (SSSR count). The van der Waals surface area contributed by atoms with Crippen molar-refractivity contribution in [3.8, 4) is 0 Å².